The van der Waals surface area contributed by atoms with Crippen LogP contribution in [0.15, 0.2) is 97.3 Å². The molecule has 10 rings (SSSR count). The summed E-state index contributed by atoms with van der Waals surface area (Å²) in [7, 11) is 7.46. The molecule has 2 aliphatic rings. The smallest absolute Gasteiger partial charge is 0.200 e. The van der Waals surface area contributed by atoms with Crippen LogP contribution in [0.25, 0.3) is 43.1 Å². The zero-order chi connectivity index (χ0) is 60.6. The molecule has 0 fully saturated rings. The monoisotopic (exact) mass is 1170 g/mol. The fraction of sp³-hybridized carbons (Fsp3) is 0.382. The Morgan fingerprint density at radius 1 is 0.476 bits per heavy atom. The Morgan fingerprint density at radius 2 is 0.905 bits per heavy atom. The third-order valence-corrected chi connectivity index (χ3v) is 15.1. The van der Waals surface area contributed by atoms with Crippen LogP contribution in [0.5, 0.6) is 23.0 Å². The topological polar surface area (TPSA) is 73.8 Å². The Morgan fingerprint density at radius 3 is 1.35 bits per heavy atom. The van der Waals surface area contributed by atoms with Crippen LogP contribution in [0.3, 0.4) is 0 Å². The molecule has 2 atom stereocenters. The molecule has 0 amide bonds. The molecule has 0 saturated heterocycles. The molecule has 0 saturated carbocycles. The van der Waals surface area contributed by atoms with E-state index >= 15 is 0 Å². The summed E-state index contributed by atoms with van der Waals surface area (Å²) >= 11 is 0. The summed E-state index contributed by atoms with van der Waals surface area (Å²) in [6.07, 6.45) is 9.85. The highest BCUT2D eigenvalue weighted by atomic mass is 19.2. The van der Waals surface area contributed by atoms with Gasteiger partial charge in [-0.05, 0) is 156 Å². The predicted octanol–water partition coefficient (Wildman–Crippen LogP) is 17.0. The van der Waals surface area contributed by atoms with Gasteiger partial charge in [0, 0.05) is 62.3 Å². The Bertz CT molecular complexity index is 3570. The second-order valence-corrected chi connectivity index (χ2v) is 21.0. The molecule has 0 spiro atoms. The molecule has 0 heterocycles. The number of hydrogen-bond donors (Lipinski definition) is 0. The van der Waals surface area contributed by atoms with Gasteiger partial charge < -0.3 is 37.9 Å². The number of halogens is 8. The van der Waals surface area contributed by atoms with E-state index in [9.17, 15) is 35.1 Å². The Balaban J connectivity index is 0.000000164. The van der Waals surface area contributed by atoms with Gasteiger partial charge in [0.2, 0.25) is 11.6 Å². The van der Waals surface area contributed by atoms with Crippen molar-refractivity contribution in [2.24, 2.45) is 5.92 Å². The maximum atomic E-state index is 14.8. The van der Waals surface area contributed by atoms with Gasteiger partial charge in [0.1, 0.15) is 11.6 Å². The highest BCUT2D eigenvalue weighted by Crippen LogP contribution is 2.37. The summed E-state index contributed by atoms with van der Waals surface area (Å²) in [5, 5.41) is 4.58. The highest BCUT2D eigenvalue weighted by molar-refractivity contribution is 6.09. The molecular formula is C68H74F8O8. The highest BCUT2D eigenvalue weighted by Gasteiger charge is 2.28. The predicted molar refractivity (Wildman–Crippen MR) is 315 cm³/mol. The molecule has 0 aliphatic heterocycles. The first kappa shape index (κ1) is 64.6. The van der Waals surface area contributed by atoms with Gasteiger partial charge in [0.15, 0.2) is 46.3 Å². The first-order chi connectivity index (χ1) is 40.5. The van der Waals surface area contributed by atoms with Crippen molar-refractivity contribution in [2.75, 3.05) is 62.0 Å². The maximum Gasteiger partial charge on any atom is 0.200 e. The van der Waals surface area contributed by atoms with Crippen LogP contribution in [0, 0.1) is 52.5 Å². The van der Waals surface area contributed by atoms with Crippen LogP contribution in [0.1, 0.15) is 86.8 Å². The molecular weight excluding hydrogens is 1100 g/mol. The molecule has 8 aromatic carbocycles. The van der Waals surface area contributed by atoms with Gasteiger partial charge in [-0.3, -0.25) is 0 Å². The number of allylic oxidation sites excluding steroid dienone is 1. The van der Waals surface area contributed by atoms with Crippen molar-refractivity contribution >= 4 is 43.1 Å². The number of hydrogen-bond acceptors (Lipinski definition) is 8. The summed E-state index contributed by atoms with van der Waals surface area (Å²) in [5.41, 5.74) is 3.73. The number of methoxy groups -OCH3 is 5. The van der Waals surface area contributed by atoms with Crippen molar-refractivity contribution in [1.82, 2.24) is 0 Å². The van der Waals surface area contributed by atoms with Gasteiger partial charge in [-0.2, -0.15) is 8.78 Å². The van der Waals surface area contributed by atoms with Crippen molar-refractivity contribution < 1.29 is 73.0 Å². The summed E-state index contributed by atoms with van der Waals surface area (Å²) in [5.74, 6) is -3.90. The zero-order valence-corrected chi connectivity index (χ0v) is 49.2. The van der Waals surface area contributed by atoms with E-state index in [4.69, 9.17) is 37.9 Å². The van der Waals surface area contributed by atoms with Gasteiger partial charge in [-0.15, -0.1) is 0 Å². The first-order valence-corrected chi connectivity index (χ1v) is 28.3. The van der Waals surface area contributed by atoms with E-state index in [1.54, 1.807) is 107 Å². The number of rotatable bonds is 18. The lowest BCUT2D eigenvalue weighted by atomic mass is 9.89. The van der Waals surface area contributed by atoms with Crippen LogP contribution in [0.2, 0.25) is 0 Å². The fourth-order valence-electron chi connectivity index (χ4n) is 10.4. The van der Waals surface area contributed by atoms with Crippen LogP contribution in [0.4, 0.5) is 35.1 Å². The van der Waals surface area contributed by atoms with Gasteiger partial charge >= 0.3 is 0 Å². The zero-order valence-electron chi connectivity index (χ0n) is 49.2. The number of aryl methyl sites for hydroxylation is 2. The minimum Gasteiger partial charge on any atom is -0.494 e. The lowest BCUT2D eigenvalue weighted by Crippen LogP contribution is -2.24. The SMILES string of the molecule is C/C=C/Oc1ccc2c(ccc3c(F)c(CCOC)ccc32)c1F.CCCOC1CCc2cc(OC)c(F)c(F)c2C1.COCCc1ccc2c(ccc3c(F)c(OCCC(C)C)ccc32)c1F.COc1cc2c(c(F)c1F)CC(OC)CC2. The molecule has 84 heavy (non-hydrogen) atoms. The Kier molecular flexibility index (Phi) is 23.6. The molecule has 2 aliphatic carbocycles. The van der Waals surface area contributed by atoms with Crippen LogP contribution >= 0.6 is 0 Å². The molecule has 0 aromatic heterocycles. The average molecular weight is 1170 g/mol. The van der Waals surface area contributed by atoms with Gasteiger partial charge in [0.25, 0.3) is 0 Å². The first-order valence-electron chi connectivity index (χ1n) is 28.3. The van der Waals surface area contributed by atoms with Crippen molar-refractivity contribution in [3.05, 3.63) is 177 Å². The van der Waals surface area contributed by atoms with Crippen molar-refractivity contribution in [3.8, 4) is 23.0 Å². The van der Waals surface area contributed by atoms with Crippen LogP contribution in [-0.4, -0.2) is 74.2 Å². The van der Waals surface area contributed by atoms with E-state index in [0.29, 0.717) is 136 Å². The van der Waals surface area contributed by atoms with Gasteiger partial charge in [-0.25, -0.2) is 26.3 Å². The van der Waals surface area contributed by atoms with Crippen molar-refractivity contribution in [2.45, 2.75) is 104 Å². The Labute approximate surface area is 486 Å². The summed E-state index contributed by atoms with van der Waals surface area (Å²) < 4.78 is 155. The number of ether oxygens (including phenoxy) is 8. The molecule has 8 nitrogen and oxygen atoms in total. The van der Waals surface area contributed by atoms with Crippen LogP contribution < -0.4 is 18.9 Å². The molecule has 0 bridgehead atoms. The molecule has 450 valence electrons. The molecule has 8 aromatic rings. The van der Waals surface area contributed by atoms with Crippen molar-refractivity contribution in [3.63, 3.8) is 0 Å². The quantitative estimate of drug-likeness (QED) is 0.0478. The normalized spacial score (nSPS) is 14.6. The summed E-state index contributed by atoms with van der Waals surface area (Å²) in [6.45, 7) is 10.1. The summed E-state index contributed by atoms with van der Waals surface area (Å²) in [6, 6.07) is 23.6. The van der Waals surface area contributed by atoms with Gasteiger partial charge in [0.05, 0.1) is 52.5 Å². The third-order valence-electron chi connectivity index (χ3n) is 15.1. The molecule has 0 N–H and O–H groups in total. The molecule has 2 unspecified atom stereocenters. The van der Waals surface area contributed by atoms with Gasteiger partial charge in [-0.1, -0.05) is 75.4 Å². The van der Waals surface area contributed by atoms with E-state index in [1.165, 1.54) is 20.5 Å². The summed E-state index contributed by atoms with van der Waals surface area (Å²) in [4.78, 5) is 0. The average Bonchev–Trinajstić information content (AvgIpc) is 2.98. The molecule has 16 heteroatoms. The largest absolute Gasteiger partial charge is 0.494 e. The lowest BCUT2D eigenvalue weighted by molar-refractivity contribution is 0.0437. The van der Waals surface area contributed by atoms with E-state index in [-0.39, 0.29) is 46.8 Å². The maximum absolute atomic E-state index is 14.8. The van der Waals surface area contributed by atoms with Crippen molar-refractivity contribution in [1.29, 1.82) is 0 Å². The van der Waals surface area contributed by atoms with E-state index in [2.05, 4.69) is 13.8 Å². The van der Waals surface area contributed by atoms with E-state index in [0.717, 1.165) is 36.8 Å². The minimum absolute atomic E-state index is 0.000236. The second-order valence-electron chi connectivity index (χ2n) is 21.0. The van der Waals surface area contributed by atoms with E-state index in [1.807, 2.05) is 19.1 Å². The minimum atomic E-state index is -0.905. The standard InChI is InChI=1S/C22H24F2O2.C20H18F2O2.C14H18F2O2.C12H14F2O2/c1-14(2)10-13-26-20-9-8-17-16-5-4-15(11-12-25-3)21(23)18(16)6-7-19(17)22(20)24;1-3-11-24-18-9-8-15-14-5-4-13(10-12-23-2)19(21)16(14)6-7-17(15)20(18)22;1-3-6-18-10-5-4-9-7-12(17-2)14(16)13(15)11(9)8-10;1-15-8-4-3-7-5-10(16-2)12(14)11(13)9(7)6-8/h4-9,14H,10-13H2,1-3H3;3-9,11H,10,12H2,1-2H3;7,10H,3-6,8H2,1-2H3;5,8H,3-4,6H2,1-2H3/b;11-3+;;. The molecule has 0 radical (unpaired) electrons. The number of fused-ring (bicyclic) bond motifs is 8. The fourth-order valence-corrected chi connectivity index (χ4v) is 10.4. The number of benzene rings is 8. The Hall–Kier alpha value is -6.98. The third kappa shape index (κ3) is 15.1. The lowest BCUT2D eigenvalue weighted by Gasteiger charge is -2.25. The van der Waals surface area contributed by atoms with Crippen LogP contribution in [-0.2, 0) is 57.5 Å². The second kappa shape index (κ2) is 30.7. The van der Waals surface area contributed by atoms with E-state index < -0.39 is 34.9 Å².